The lowest BCUT2D eigenvalue weighted by Crippen LogP contribution is -2.26. The molecule has 1 aromatic carbocycles. The highest BCUT2D eigenvalue weighted by molar-refractivity contribution is 5.14. The zero-order valence-electron chi connectivity index (χ0n) is 11.5. The standard InChI is InChI=1S/C17H22N2/c1-18-16(11-10-15-7-3-2-4-8-15)12-13-17-9-5-6-14-19-17/h2-9,14,16,18H,10-13H2,1H3. The monoisotopic (exact) mass is 254 g/mol. The van der Waals surface area contributed by atoms with Gasteiger partial charge >= 0.3 is 0 Å². The van der Waals surface area contributed by atoms with Crippen molar-refractivity contribution in [1.29, 1.82) is 0 Å². The highest BCUT2D eigenvalue weighted by Crippen LogP contribution is 2.09. The van der Waals surface area contributed by atoms with E-state index in [1.807, 2.05) is 19.3 Å². The summed E-state index contributed by atoms with van der Waals surface area (Å²) >= 11 is 0. The van der Waals surface area contributed by atoms with E-state index in [2.05, 4.69) is 52.8 Å². The summed E-state index contributed by atoms with van der Waals surface area (Å²) in [6.45, 7) is 0. The van der Waals surface area contributed by atoms with Crippen LogP contribution in [0.3, 0.4) is 0 Å². The third-order valence-electron chi connectivity index (χ3n) is 3.51. The zero-order chi connectivity index (χ0) is 13.3. The summed E-state index contributed by atoms with van der Waals surface area (Å²) in [5.41, 5.74) is 2.60. The predicted octanol–water partition coefficient (Wildman–Crippen LogP) is 3.24. The number of hydrogen-bond donors (Lipinski definition) is 1. The summed E-state index contributed by atoms with van der Waals surface area (Å²) in [5.74, 6) is 0. The summed E-state index contributed by atoms with van der Waals surface area (Å²) in [5, 5.41) is 3.41. The van der Waals surface area contributed by atoms with Crippen LogP contribution in [0.5, 0.6) is 0 Å². The molecule has 1 aromatic heterocycles. The van der Waals surface area contributed by atoms with E-state index in [0.717, 1.165) is 19.3 Å². The first-order valence-electron chi connectivity index (χ1n) is 6.99. The molecule has 0 aliphatic carbocycles. The van der Waals surface area contributed by atoms with Gasteiger partial charge in [0.05, 0.1) is 0 Å². The van der Waals surface area contributed by atoms with Gasteiger partial charge in [-0.15, -0.1) is 0 Å². The van der Waals surface area contributed by atoms with Crippen LogP contribution in [-0.2, 0) is 12.8 Å². The van der Waals surface area contributed by atoms with Crippen LogP contribution in [0.25, 0.3) is 0 Å². The third-order valence-corrected chi connectivity index (χ3v) is 3.51. The first-order chi connectivity index (χ1) is 9.38. The van der Waals surface area contributed by atoms with Gasteiger partial charge in [-0.05, 0) is 50.4 Å². The van der Waals surface area contributed by atoms with E-state index >= 15 is 0 Å². The predicted molar refractivity (Wildman–Crippen MR) is 80.2 cm³/mol. The second-order valence-corrected chi connectivity index (χ2v) is 4.87. The average molecular weight is 254 g/mol. The maximum Gasteiger partial charge on any atom is 0.0404 e. The molecule has 0 spiro atoms. The van der Waals surface area contributed by atoms with Crippen molar-refractivity contribution in [3.63, 3.8) is 0 Å². The molecule has 0 aliphatic heterocycles. The number of aryl methyl sites for hydroxylation is 2. The van der Waals surface area contributed by atoms with Gasteiger partial charge < -0.3 is 5.32 Å². The fourth-order valence-electron chi connectivity index (χ4n) is 2.29. The first-order valence-corrected chi connectivity index (χ1v) is 6.99. The largest absolute Gasteiger partial charge is 0.317 e. The van der Waals surface area contributed by atoms with E-state index < -0.39 is 0 Å². The molecule has 2 aromatic rings. The van der Waals surface area contributed by atoms with Gasteiger partial charge in [0.1, 0.15) is 0 Å². The molecule has 0 saturated carbocycles. The van der Waals surface area contributed by atoms with Gasteiger partial charge in [0.15, 0.2) is 0 Å². The molecule has 19 heavy (non-hydrogen) atoms. The molecule has 0 fully saturated rings. The average Bonchev–Trinajstić information content (AvgIpc) is 2.49. The van der Waals surface area contributed by atoms with Crippen LogP contribution >= 0.6 is 0 Å². The van der Waals surface area contributed by atoms with Gasteiger partial charge in [0.2, 0.25) is 0 Å². The van der Waals surface area contributed by atoms with Crippen molar-refractivity contribution < 1.29 is 0 Å². The Hall–Kier alpha value is -1.67. The van der Waals surface area contributed by atoms with E-state index in [4.69, 9.17) is 0 Å². The molecular weight excluding hydrogens is 232 g/mol. The lowest BCUT2D eigenvalue weighted by atomic mass is 10.0. The molecule has 0 radical (unpaired) electrons. The molecule has 1 heterocycles. The SMILES string of the molecule is CNC(CCc1ccccc1)CCc1ccccn1. The normalized spacial score (nSPS) is 12.3. The molecule has 2 heteroatoms. The third kappa shape index (κ3) is 4.84. The van der Waals surface area contributed by atoms with E-state index in [1.165, 1.54) is 17.7 Å². The molecular formula is C17H22N2. The highest BCUT2D eigenvalue weighted by Gasteiger charge is 2.07. The minimum absolute atomic E-state index is 0.558. The minimum Gasteiger partial charge on any atom is -0.317 e. The molecule has 0 amide bonds. The Balaban J connectivity index is 1.77. The van der Waals surface area contributed by atoms with Crippen molar-refractivity contribution in [2.24, 2.45) is 0 Å². The number of hydrogen-bond acceptors (Lipinski definition) is 2. The van der Waals surface area contributed by atoms with Crippen molar-refractivity contribution in [2.45, 2.75) is 31.7 Å². The van der Waals surface area contributed by atoms with Crippen molar-refractivity contribution in [1.82, 2.24) is 10.3 Å². The van der Waals surface area contributed by atoms with Crippen LogP contribution in [0.2, 0.25) is 0 Å². The highest BCUT2D eigenvalue weighted by atomic mass is 14.9. The fraction of sp³-hybridized carbons (Fsp3) is 0.353. The van der Waals surface area contributed by atoms with Crippen LogP contribution in [0.1, 0.15) is 24.1 Å². The molecule has 1 N–H and O–H groups in total. The van der Waals surface area contributed by atoms with Crippen LogP contribution in [0.15, 0.2) is 54.7 Å². The Morgan fingerprint density at radius 1 is 0.947 bits per heavy atom. The fourth-order valence-corrected chi connectivity index (χ4v) is 2.29. The summed E-state index contributed by atoms with van der Waals surface area (Å²) in [4.78, 5) is 4.38. The van der Waals surface area contributed by atoms with Crippen LogP contribution < -0.4 is 5.32 Å². The van der Waals surface area contributed by atoms with Gasteiger partial charge in [-0.2, -0.15) is 0 Å². The Morgan fingerprint density at radius 3 is 2.37 bits per heavy atom. The summed E-state index contributed by atoms with van der Waals surface area (Å²) in [6.07, 6.45) is 6.36. The van der Waals surface area contributed by atoms with Gasteiger partial charge in [-0.1, -0.05) is 36.4 Å². The summed E-state index contributed by atoms with van der Waals surface area (Å²) in [7, 11) is 2.05. The van der Waals surface area contributed by atoms with Gasteiger partial charge in [-0.25, -0.2) is 0 Å². The molecule has 2 rings (SSSR count). The number of pyridine rings is 1. The van der Waals surface area contributed by atoms with Crippen LogP contribution in [-0.4, -0.2) is 18.1 Å². The molecule has 100 valence electrons. The van der Waals surface area contributed by atoms with Crippen molar-refractivity contribution >= 4 is 0 Å². The van der Waals surface area contributed by atoms with Gasteiger partial charge in [0.25, 0.3) is 0 Å². The minimum atomic E-state index is 0.558. The summed E-state index contributed by atoms with van der Waals surface area (Å²) < 4.78 is 0. The van der Waals surface area contributed by atoms with Gasteiger partial charge in [0, 0.05) is 17.9 Å². The smallest absolute Gasteiger partial charge is 0.0404 e. The topological polar surface area (TPSA) is 24.9 Å². The zero-order valence-corrected chi connectivity index (χ0v) is 11.5. The summed E-state index contributed by atoms with van der Waals surface area (Å²) in [6, 6.07) is 17.4. The van der Waals surface area contributed by atoms with Crippen molar-refractivity contribution in [3.8, 4) is 0 Å². The number of benzene rings is 1. The van der Waals surface area contributed by atoms with Crippen LogP contribution in [0.4, 0.5) is 0 Å². The first kappa shape index (κ1) is 13.8. The second kappa shape index (κ2) is 7.70. The molecule has 0 bridgehead atoms. The Morgan fingerprint density at radius 2 is 1.68 bits per heavy atom. The quantitative estimate of drug-likeness (QED) is 0.820. The van der Waals surface area contributed by atoms with E-state index in [-0.39, 0.29) is 0 Å². The van der Waals surface area contributed by atoms with E-state index in [9.17, 15) is 0 Å². The molecule has 0 aliphatic rings. The Bertz CT molecular complexity index is 410. The lowest BCUT2D eigenvalue weighted by molar-refractivity contribution is 0.487. The van der Waals surface area contributed by atoms with Crippen LogP contribution in [0, 0.1) is 0 Å². The maximum absolute atomic E-state index is 4.38. The van der Waals surface area contributed by atoms with E-state index in [1.54, 1.807) is 0 Å². The lowest BCUT2D eigenvalue weighted by Gasteiger charge is -2.15. The number of nitrogens with one attached hydrogen (secondary N) is 1. The second-order valence-electron chi connectivity index (χ2n) is 4.87. The number of rotatable bonds is 7. The molecule has 2 nitrogen and oxygen atoms in total. The number of nitrogens with zero attached hydrogens (tertiary/aromatic N) is 1. The molecule has 0 saturated heterocycles. The number of aromatic nitrogens is 1. The molecule has 1 atom stereocenters. The maximum atomic E-state index is 4.38. The van der Waals surface area contributed by atoms with Crippen molar-refractivity contribution in [2.75, 3.05) is 7.05 Å². The van der Waals surface area contributed by atoms with Gasteiger partial charge in [-0.3, -0.25) is 4.98 Å². The Kier molecular flexibility index (Phi) is 5.57. The van der Waals surface area contributed by atoms with Crippen molar-refractivity contribution in [3.05, 3.63) is 66.0 Å². The Labute approximate surface area is 115 Å². The molecule has 1 unspecified atom stereocenters. The van der Waals surface area contributed by atoms with E-state index in [0.29, 0.717) is 6.04 Å².